The number of carbonyl (C=O) groups is 1. The molecule has 4 nitrogen and oxygen atoms in total. The summed E-state index contributed by atoms with van der Waals surface area (Å²) >= 11 is 6.08. The average molecular weight is 271 g/mol. The maximum atomic E-state index is 11.2. The second-order valence-corrected chi connectivity index (χ2v) is 4.60. The number of likely N-dealkylation sites (N-methyl/N-ethyl adjacent to an activating group) is 1. The van der Waals surface area contributed by atoms with Crippen LogP contribution in [-0.2, 0) is 11.2 Å². The van der Waals surface area contributed by atoms with E-state index in [-0.39, 0.29) is 18.6 Å². The number of carbonyl (C=O) groups excluding carboxylic acids is 1. The van der Waals surface area contributed by atoms with Crippen molar-refractivity contribution >= 4 is 17.5 Å². The predicted molar refractivity (Wildman–Crippen MR) is 73.0 cm³/mol. The number of hydrogen-bond donors (Lipinski definition) is 2. The minimum absolute atomic E-state index is 0.0276. The normalized spacial score (nSPS) is 12.0. The number of nitrogens with two attached hydrogens (primary N) is 1. The SMILES string of the molecule is CCNC(=O)COc1ccc(CC(C)N)cc1Cl. The molecule has 0 bridgehead atoms. The first-order valence-electron chi connectivity index (χ1n) is 5.96. The Morgan fingerprint density at radius 1 is 1.56 bits per heavy atom. The van der Waals surface area contributed by atoms with Crippen molar-refractivity contribution < 1.29 is 9.53 Å². The van der Waals surface area contributed by atoms with Gasteiger partial charge in [-0.3, -0.25) is 4.79 Å². The lowest BCUT2D eigenvalue weighted by molar-refractivity contribution is -0.122. The average Bonchev–Trinajstić information content (AvgIpc) is 2.27. The van der Waals surface area contributed by atoms with Gasteiger partial charge in [0.15, 0.2) is 6.61 Å². The summed E-state index contributed by atoms with van der Waals surface area (Å²) < 4.78 is 5.34. The summed E-state index contributed by atoms with van der Waals surface area (Å²) in [4.78, 5) is 11.2. The van der Waals surface area contributed by atoms with Gasteiger partial charge in [0.25, 0.3) is 5.91 Å². The Morgan fingerprint density at radius 2 is 2.28 bits per heavy atom. The van der Waals surface area contributed by atoms with Crippen molar-refractivity contribution in [3.8, 4) is 5.75 Å². The van der Waals surface area contributed by atoms with E-state index in [4.69, 9.17) is 22.1 Å². The molecule has 0 aliphatic rings. The van der Waals surface area contributed by atoms with E-state index in [1.807, 2.05) is 26.0 Å². The number of ether oxygens (including phenoxy) is 1. The quantitative estimate of drug-likeness (QED) is 0.828. The van der Waals surface area contributed by atoms with Gasteiger partial charge >= 0.3 is 0 Å². The monoisotopic (exact) mass is 270 g/mol. The highest BCUT2D eigenvalue weighted by Gasteiger charge is 2.07. The van der Waals surface area contributed by atoms with Gasteiger partial charge in [-0.15, -0.1) is 0 Å². The van der Waals surface area contributed by atoms with Crippen LogP contribution in [-0.4, -0.2) is 25.1 Å². The summed E-state index contributed by atoms with van der Waals surface area (Å²) in [5.41, 5.74) is 6.77. The molecule has 0 spiro atoms. The van der Waals surface area contributed by atoms with Crippen LogP contribution in [0.3, 0.4) is 0 Å². The molecule has 1 rings (SSSR count). The van der Waals surface area contributed by atoms with E-state index in [0.717, 1.165) is 12.0 Å². The van der Waals surface area contributed by atoms with E-state index in [1.165, 1.54) is 0 Å². The molecule has 0 heterocycles. The molecule has 1 aromatic rings. The van der Waals surface area contributed by atoms with Crippen molar-refractivity contribution in [2.24, 2.45) is 5.73 Å². The number of rotatable bonds is 6. The molecular weight excluding hydrogens is 252 g/mol. The lowest BCUT2D eigenvalue weighted by Crippen LogP contribution is -2.28. The van der Waals surface area contributed by atoms with Gasteiger partial charge in [-0.25, -0.2) is 0 Å². The third kappa shape index (κ3) is 4.94. The topological polar surface area (TPSA) is 64.3 Å². The van der Waals surface area contributed by atoms with Crippen LogP contribution in [0.2, 0.25) is 5.02 Å². The summed E-state index contributed by atoms with van der Waals surface area (Å²) in [7, 11) is 0. The highest BCUT2D eigenvalue weighted by atomic mass is 35.5. The molecule has 0 radical (unpaired) electrons. The third-order valence-electron chi connectivity index (χ3n) is 2.29. The van der Waals surface area contributed by atoms with Crippen LogP contribution in [0.5, 0.6) is 5.75 Å². The zero-order valence-electron chi connectivity index (χ0n) is 10.7. The Hall–Kier alpha value is -1.26. The fourth-order valence-electron chi connectivity index (χ4n) is 1.55. The number of benzene rings is 1. The Kier molecular flexibility index (Phi) is 5.95. The van der Waals surface area contributed by atoms with E-state index < -0.39 is 0 Å². The van der Waals surface area contributed by atoms with Gasteiger partial charge in [0.1, 0.15) is 5.75 Å². The molecule has 0 fully saturated rings. The maximum absolute atomic E-state index is 11.2. The minimum Gasteiger partial charge on any atom is -0.482 e. The van der Waals surface area contributed by atoms with E-state index in [9.17, 15) is 4.79 Å². The lowest BCUT2D eigenvalue weighted by atomic mass is 10.1. The van der Waals surface area contributed by atoms with E-state index in [0.29, 0.717) is 17.3 Å². The summed E-state index contributed by atoms with van der Waals surface area (Å²) in [5, 5.41) is 3.15. The van der Waals surface area contributed by atoms with Gasteiger partial charge in [-0.05, 0) is 38.0 Å². The summed E-state index contributed by atoms with van der Waals surface area (Å²) in [5.74, 6) is 0.351. The van der Waals surface area contributed by atoms with Crippen LogP contribution in [0, 0.1) is 0 Å². The molecule has 0 aromatic heterocycles. The first-order valence-corrected chi connectivity index (χ1v) is 6.34. The molecule has 0 saturated carbocycles. The lowest BCUT2D eigenvalue weighted by Gasteiger charge is -2.10. The standard InChI is InChI=1S/C13H19ClN2O2/c1-3-16-13(17)8-18-12-5-4-10(6-9(2)15)7-11(12)14/h4-5,7,9H,3,6,8,15H2,1-2H3,(H,16,17). The van der Waals surface area contributed by atoms with Crippen molar-refractivity contribution in [1.82, 2.24) is 5.32 Å². The van der Waals surface area contributed by atoms with E-state index >= 15 is 0 Å². The summed E-state index contributed by atoms with van der Waals surface area (Å²) in [6, 6.07) is 5.57. The second-order valence-electron chi connectivity index (χ2n) is 4.19. The zero-order valence-corrected chi connectivity index (χ0v) is 11.5. The van der Waals surface area contributed by atoms with Crippen molar-refractivity contribution in [1.29, 1.82) is 0 Å². The number of halogens is 1. The van der Waals surface area contributed by atoms with Gasteiger partial charge in [-0.1, -0.05) is 17.7 Å². The fourth-order valence-corrected chi connectivity index (χ4v) is 1.81. The molecule has 1 amide bonds. The highest BCUT2D eigenvalue weighted by molar-refractivity contribution is 6.32. The molecule has 1 atom stereocenters. The first kappa shape index (κ1) is 14.8. The molecule has 0 aliphatic carbocycles. The van der Waals surface area contributed by atoms with Gasteiger partial charge in [0.2, 0.25) is 0 Å². The highest BCUT2D eigenvalue weighted by Crippen LogP contribution is 2.25. The molecule has 3 N–H and O–H groups in total. The fraction of sp³-hybridized carbons (Fsp3) is 0.462. The van der Waals surface area contributed by atoms with Gasteiger partial charge in [0, 0.05) is 12.6 Å². The van der Waals surface area contributed by atoms with E-state index in [2.05, 4.69) is 5.32 Å². The van der Waals surface area contributed by atoms with Gasteiger partial charge < -0.3 is 15.8 Å². The molecule has 1 aromatic carbocycles. The number of hydrogen-bond acceptors (Lipinski definition) is 3. The maximum Gasteiger partial charge on any atom is 0.257 e. The van der Waals surface area contributed by atoms with Crippen LogP contribution in [0.15, 0.2) is 18.2 Å². The van der Waals surface area contributed by atoms with Crippen molar-refractivity contribution in [2.45, 2.75) is 26.3 Å². The van der Waals surface area contributed by atoms with Crippen molar-refractivity contribution in [2.75, 3.05) is 13.2 Å². The Bertz CT molecular complexity index is 408. The van der Waals surface area contributed by atoms with Crippen molar-refractivity contribution in [3.05, 3.63) is 28.8 Å². The molecular formula is C13H19ClN2O2. The molecule has 100 valence electrons. The molecule has 0 aliphatic heterocycles. The summed E-state index contributed by atoms with van der Waals surface area (Å²) in [6.45, 7) is 4.35. The molecule has 5 heteroatoms. The number of amides is 1. The van der Waals surface area contributed by atoms with Crippen LogP contribution in [0.1, 0.15) is 19.4 Å². The van der Waals surface area contributed by atoms with Crippen LogP contribution >= 0.6 is 11.6 Å². The zero-order chi connectivity index (χ0) is 13.5. The first-order chi connectivity index (χ1) is 8.52. The van der Waals surface area contributed by atoms with Crippen LogP contribution < -0.4 is 15.8 Å². The largest absolute Gasteiger partial charge is 0.482 e. The van der Waals surface area contributed by atoms with Crippen LogP contribution in [0.4, 0.5) is 0 Å². The van der Waals surface area contributed by atoms with Crippen molar-refractivity contribution in [3.63, 3.8) is 0 Å². The Balaban J connectivity index is 2.59. The third-order valence-corrected chi connectivity index (χ3v) is 2.58. The molecule has 1 unspecified atom stereocenters. The number of nitrogens with one attached hydrogen (secondary N) is 1. The second kappa shape index (κ2) is 7.24. The molecule has 0 saturated heterocycles. The van der Waals surface area contributed by atoms with Gasteiger partial charge in [-0.2, -0.15) is 0 Å². The van der Waals surface area contributed by atoms with E-state index in [1.54, 1.807) is 6.07 Å². The Morgan fingerprint density at radius 3 is 2.83 bits per heavy atom. The summed E-state index contributed by atoms with van der Waals surface area (Å²) in [6.07, 6.45) is 0.760. The Labute approximate surface area is 112 Å². The van der Waals surface area contributed by atoms with Gasteiger partial charge in [0.05, 0.1) is 5.02 Å². The smallest absolute Gasteiger partial charge is 0.257 e. The van der Waals surface area contributed by atoms with Crippen LogP contribution in [0.25, 0.3) is 0 Å². The predicted octanol–water partition coefficient (Wildman–Crippen LogP) is 1.74. The minimum atomic E-state index is -0.159. The molecule has 18 heavy (non-hydrogen) atoms.